The SMILES string of the molecule is C=CCNS(=O)(=O)Cc1ccc(NC(=O)c2c(C)nn(Cc3ccc(F)cc3)c2Cl)cc1. The third-order valence-electron chi connectivity index (χ3n) is 4.55. The van der Waals surface area contributed by atoms with Crippen molar-refractivity contribution in [2.45, 2.75) is 19.2 Å². The maximum Gasteiger partial charge on any atom is 0.260 e. The Morgan fingerprint density at radius 2 is 1.78 bits per heavy atom. The van der Waals surface area contributed by atoms with Crippen molar-refractivity contribution in [3.63, 3.8) is 0 Å². The second kappa shape index (κ2) is 10.1. The topological polar surface area (TPSA) is 93.1 Å². The van der Waals surface area contributed by atoms with Gasteiger partial charge >= 0.3 is 0 Å². The number of benzene rings is 2. The molecule has 0 aliphatic heterocycles. The standard InChI is InChI=1S/C22H22ClFN4O3S/c1-3-12-25-32(30,31)14-17-6-10-19(11-7-17)26-22(29)20-15(2)27-28(21(20)23)13-16-4-8-18(24)9-5-16/h3-11,25H,1,12-14H2,2H3,(H,26,29). The first-order chi connectivity index (χ1) is 15.2. The molecule has 0 fully saturated rings. The monoisotopic (exact) mass is 476 g/mol. The summed E-state index contributed by atoms with van der Waals surface area (Å²) in [6, 6.07) is 12.4. The highest BCUT2D eigenvalue weighted by molar-refractivity contribution is 7.88. The van der Waals surface area contributed by atoms with Crippen LogP contribution in [-0.4, -0.2) is 30.7 Å². The van der Waals surface area contributed by atoms with Gasteiger partial charge in [-0.3, -0.25) is 4.79 Å². The van der Waals surface area contributed by atoms with Crippen molar-refractivity contribution < 1.29 is 17.6 Å². The summed E-state index contributed by atoms with van der Waals surface area (Å²) in [4.78, 5) is 12.8. The Bertz CT molecular complexity index is 1220. The van der Waals surface area contributed by atoms with Crippen LogP contribution in [0, 0.1) is 12.7 Å². The minimum Gasteiger partial charge on any atom is -0.322 e. The van der Waals surface area contributed by atoms with Crippen LogP contribution in [0.2, 0.25) is 5.15 Å². The van der Waals surface area contributed by atoms with Crippen LogP contribution >= 0.6 is 11.6 Å². The molecule has 2 N–H and O–H groups in total. The molecule has 0 atom stereocenters. The van der Waals surface area contributed by atoms with E-state index in [1.54, 1.807) is 43.3 Å². The van der Waals surface area contributed by atoms with Gasteiger partial charge in [0, 0.05) is 12.2 Å². The third kappa shape index (κ3) is 6.03. The molecule has 10 heteroatoms. The van der Waals surface area contributed by atoms with Gasteiger partial charge in [-0.15, -0.1) is 6.58 Å². The first kappa shape index (κ1) is 23.6. The van der Waals surface area contributed by atoms with Crippen LogP contribution in [0.4, 0.5) is 10.1 Å². The lowest BCUT2D eigenvalue weighted by molar-refractivity contribution is 0.102. The number of hydrogen-bond acceptors (Lipinski definition) is 4. The molecule has 7 nitrogen and oxygen atoms in total. The molecule has 0 saturated heterocycles. The van der Waals surface area contributed by atoms with Gasteiger partial charge in [0.2, 0.25) is 10.0 Å². The fourth-order valence-electron chi connectivity index (χ4n) is 3.01. The van der Waals surface area contributed by atoms with Gasteiger partial charge in [0.1, 0.15) is 11.0 Å². The summed E-state index contributed by atoms with van der Waals surface area (Å²) in [5.41, 5.74) is 2.52. The third-order valence-corrected chi connectivity index (χ3v) is 6.26. The number of rotatable bonds is 9. The molecule has 2 aromatic carbocycles. The highest BCUT2D eigenvalue weighted by atomic mass is 35.5. The van der Waals surface area contributed by atoms with Crippen LogP contribution in [0.15, 0.2) is 61.2 Å². The van der Waals surface area contributed by atoms with Gasteiger partial charge in [0.15, 0.2) is 0 Å². The van der Waals surface area contributed by atoms with Crippen LogP contribution in [0.3, 0.4) is 0 Å². The van der Waals surface area contributed by atoms with E-state index in [0.717, 1.165) is 5.56 Å². The number of carbonyl (C=O) groups is 1. The Labute approximate surface area is 191 Å². The number of halogens is 2. The van der Waals surface area contributed by atoms with Crippen LogP contribution in [0.5, 0.6) is 0 Å². The number of carbonyl (C=O) groups excluding carboxylic acids is 1. The summed E-state index contributed by atoms with van der Waals surface area (Å²) in [6.45, 7) is 5.60. The van der Waals surface area contributed by atoms with Crippen LogP contribution in [0.25, 0.3) is 0 Å². The molecule has 1 amide bonds. The highest BCUT2D eigenvalue weighted by Gasteiger charge is 2.21. The lowest BCUT2D eigenvalue weighted by atomic mass is 10.2. The van der Waals surface area contributed by atoms with Crippen molar-refractivity contribution in [1.82, 2.24) is 14.5 Å². The second-order valence-corrected chi connectivity index (χ2v) is 9.25. The lowest BCUT2D eigenvalue weighted by Gasteiger charge is -2.08. The molecule has 1 heterocycles. The van der Waals surface area contributed by atoms with Crippen molar-refractivity contribution >= 4 is 33.2 Å². The summed E-state index contributed by atoms with van der Waals surface area (Å²) in [7, 11) is -3.47. The number of aromatic nitrogens is 2. The van der Waals surface area contributed by atoms with Crippen LogP contribution in [0.1, 0.15) is 27.2 Å². The van der Waals surface area contributed by atoms with Gasteiger partial charge in [0.25, 0.3) is 5.91 Å². The Balaban J connectivity index is 1.70. The number of anilines is 1. The molecule has 0 unspecified atom stereocenters. The van der Waals surface area contributed by atoms with E-state index in [9.17, 15) is 17.6 Å². The molecule has 32 heavy (non-hydrogen) atoms. The van der Waals surface area contributed by atoms with Crippen molar-refractivity contribution in [2.75, 3.05) is 11.9 Å². The maximum atomic E-state index is 13.1. The molecule has 168 valence electrons. The summed E-state index contributed by atoms with van der Waals surface area (Å²) < 4.78 is 40.9. The average Bonchev–Trinajstić information content (AvgIpc) is 3.02. The molecule has 0 radical (unpaired) electrons. The van der Waals surface area contributed by atoms with E-state index >= 15 is 0 Å². The van der Waals surface area contributed by atoms with Crippen LogP contribution < -0.4 is 10.0 Å². The van der Waals surface area contributed by atoms with Gasteiger partial charge in [-0.25, -0.2) is 22.2 Å². The average molecular weight is 477 g/mol. The summed E-state index contributed by atoms with van der Waals surface area (Å²) in [5.74, 6) is -0.963. The number of sulfonamides is 1. The zero-order chi connectivity index (χ0) is 23.3. The van der Waals surface area contributed by atoms with E-state index in [-0.39, 0.29) is 35.4 Å². The van der Waals surface area contributed by atoms with Crippen molar-refractivity contribution in [1.29, 1.82) is 0 Å². The van der Waals surface area contributed by atoms with E-state index in [0.29, 0.717) is 16.9 Å². The highest BCUT2D eigenvalue weighted by Crippen LogP contribution is 2.23. The Morgan fingerprint density at radius 3 is 2.41 bits per heavy atom. The molecular formula is C22H22ClFN4O3S. The van der Waals surface area contributed by atoms with Crippen LogP contribution in [-0.2, 0) is 22.3 Å². The molecule has 0 saturated carbocycles. The predicted octanol–water partition coefficient (Wildman–Crippen LogP) is 3.89. The van der Waals surface area contributed by atoms with Crippen molar-refractivity contribution in [2.24, 2.45) is 0 Å². The Morgan fingerprint density at radius 1 is 1.16 bits per heavy atom. The lowest BCUT2D eigenvalue weighted by Crippen LogP contribution is -2.25. The van der Waals surface area contributed by atoms with Gasteiger partial charge in [-0.1, -0.05) is 41.9 Å². The first-order valence-corrected chi connectivity index (χ1v) is 11.7. The molecule has 0 spiro atoms. The molecule has 0 aliphatic rings. The normalized spacial score (nSPS) is 11.3. The van der Waals surface area contributed by atoms with E-state index < -0.39 is 15.9 Å². The zero-order valence-corrected chi connectivity index (χ0v) is 18.9. The summed E-state index contributed by atoms with van der Waals surface area (Å²) in [5, 5.41) is 7.23. The second-order valence-electron chi connectivity index (χ2n) is 7.08. The number of hydrogen-bond donors (Lipinski definition) is 2. The Kier molecular flexibility index (Phi) is 7.44. The predicted molar refractivity (Wildman–Crippen MR) is 123 cm³/mol. The van der Waals surface area contributed by atoms with Crippen molar-refractivity contribution in [3.8, 4) is 0 Å². The minimum atomic E-state index is -3.47. The molecule has 0 bridgehead atoms. The van der Waals surface area contributed by atoms with E-state index in [1.807, 2.05) is 0 Å². The Hall–Kier alpha value is -3.01. The van der Waals surface area contributed by atoms with Crippen molar-refractivity contribution in [3.05, 3.63) is 94.5 Å². The number of aryl methyl sites for hydroxylation is 1. The van der Waals surface area contributed by atoms with E-state index in [1.165, 1.54) is 22.9 Å². The number of nitrogens with one attached hydrogen (secondary N) is 2. The maximum absolute atomic E-state index is 13.1. The number of nitrogens with zero attached hydrogens (tertiary/aromatic N) is 2. The number of amides is 1. The van der Waals surface area contributed by atoms with Gasteiger partial charge in [0.05, 0.1) is 23.6 Å². The molecule has 0 aliphatic carbocycles. The zero-order valence-electron chi connectivity index (χ0n) is 17.3. The van der Waals surface area contributed by atoms with Gasteiger partial charge in [-0.2, -0.15) is 5.10 Å². The fraction of sp³-hybridized carbons (Fsp3) is 0.182. The van der Waals surface area contributed by atoms with E-state index in [4.69, 9.17) is 11.6 Å². The molecular weight excluding hydrogens is 455 g/mol. The van der Waals surface area contributed by atoms with Gasteiger partial charge < -0.3 is 5.32 Å². The fourth-order valence-corrected chi connectivity index (χ4v) is 4.44. The molecule has 1 aromatic heterocycles. The summed E-state index contributed by atoms with van der Waals surface area (Å²) >= 11 is 6.40. The molecule has 3 rings (SSSR count). The first-order valence-electron chi connectivity index (χ1n) is 9.64. The summed E-state index contributed by atoms with van der Waals surface area (Å²) in [6.07, 6.45) is 1.46. The largest absolute Gasteiger partial charge is 0.322 e. The molecule has 3 aromatic rings. The minimum absolute atomic E-state index is 0.158. The van der Waals surface area contributed by atoms with E-state index in [2.05, 4.69) is 21.7 Å². The van der Waals surface area contributed by atoms with Gasteiger partial charge in [-0.05, 0) is 42.3 Å². The smallest absolute Gasteiger partial charge is 0.260 e. The quantitative estimate of drug-likeness (QED) is 0.458.